The fourth-order valence-corrected chi connectivity index (χ4v) is 2.92. The summed E-state index contributed by atoms with van der Waals surface area (Å²) in [5, 5.41) is 2.90. The van der Waals surface area contributed by atoms with Crippen LogP contribution in [0, 0.1) is 17.7 Å². The average molecular weight is 270 g/mol. The van der Waals surface area contributed by atoms with Gasteiger partial charge in [0.25, 0.3) is 5.91 Å². The van der Waals surface area contributed by atoms with E-state index in [0.29, 0.717) is 29.8 Å². The molecule has 98 valence electrons. The SMILES string of the molecule is O=C(NCC1CCCC1CCl)c1ccc(F)cc1. The first kappa shape index (κ1) is 13.3. The van der Waals surface area contributed by atoms with Crippen LogP contribution in [-0.2, 0) is 0 Å². The van der Waals surface area contributed by atoms with Gasteiger partial charge in [-0.05, 0) is 48.9 Å². The lowest BCUT2D eigenvalue weighted by molar-refractivity contribution is 0.0944. The smallest absolute Gasteiger partial charge is 0.251 e. The molecule has 1 fully saturated rings. The number of rotatable bonds is 4. The third-order valence-electron chi connectivity index (χ3n) is 3.65. The van der Waals surface area contributed by atoms with Crippen molar-refractivity contribution in [2.24, 2.45) is 11.8 Å². The number of hydrogen-bond donors (Lipinski definition) is 1. The van der Waals surface area contributed by atoms with Gasteiger partial charge in [0.1, 0.15) is 5.82 Å². The Bertz CT molecular complexity index is 407. The first-order valence-electron chi connectivity index (χ1n) is 6.30. The number of benzene rings is 1. The highest BCUT2D eigenvalue weighted by molar-refractivity contribution is 6.18. The maximum absolute atomic E-state index is 12.7. The Labute approximate surface area is 112 Å². The van der Waals surface area contributed by atoms with Gasteiger partial charge in [-0.3, -0.25) is 4.79 Å². The lowest BCUT2D eigenvalue weighted by Crippen LogP contribution is -2.31. The molecule has 0 aliphatic heterocycles. The van der Waals surface area contributed by atoms with E-state index in [0.717, 1.165) is 12.8 Å². The molecule has 18 heavy (non-hydrogen) atoms. The summed E-state index contributed by atoms with van der Waals surface area (Å²) in [5.41, 5.74) is 0.497. The van der Waals surface area contributed by atoms with Gasteiger partial charge in [0.05, 0.1) is 0 Å². The molecule has 0 heterocycles. The van der Waals surface area contributed by atoms with Crippen LogP contribution in [0.4, 0.5) is 4.39 Å². The van der Waals surface area contributed by atoms with Crippen molar-refractivity contribution in [2.45, 2.75) is 19.3 Å². The van der Waals surface area contributed by atoms with E-state index in [1.807, 2.05) is 0 Å². The number of carbonyl (C=O) groups is 1. The molecule has 2 atom stereocenters. The minimum absolute atomic E-state index is 0.143. The van der Waals surface area contributed by atoms with E-state index in [1.165, 1.54) is 30.7 Å². The van der Waals surface area contributed by atoms with E-state index in [-0.39, 0.29) is 11.7 Å². The number of hydrogen-bond acceptors (Lipinski definition) is 1. The summed E-state index contributed by atoms with van der Waals surface area (Å²) >= 11 is 5.90. The second-order valence-electron chi connectivity index (χ2n) is 4.82. The molecule has 0 bridgehead atoms. The van der Waals surface area contributed by atoms with Crippen LogP contribution in [0.1, 0.15) is 29.6 Å². The van der Waals surface area contributed by atoms with Crippen molar-refractivity contribution in [1.29, 1.82) is 0 Å². The second kappa shape index (κ2) is 6.19. The predicted octanol–water partition coefficient (Wildman–Crippen LogP) is 3.21. The summed E-state index contributed by atoms with van der Waals surface area (Å²) in [7, 11) is 0. The highest BCUT2D eigenvalue weighted by Gasteiger charge is 2.26. The molecule has 1 saturated carbocycles. The van der Waals surface area contributed by atoms with E-state index >= 15 is 0 Å². The molecule has 2 unspecified atom stereocenters. The number of carbonyl (C=O) groups excluding carboxylic acids is 1. The molecule has 2 nitrogen and oxygen atoms in total. The molecular weight excluding hydrogens is 253 g/mol. The van der Waals surface area contributed by atoms with Gasteiger partial charge in [-0.15, -0.1) is 11.6 Å². The molecule has 1 amide bonds. The summed E-state index contributed by atoms with van der Waals surface area (Å²) in [4.78, 5) is 11.8. The normalized spacial score (nSPS) is 23.0. The number of amides is 1. The van der Waals surface area contributed by atoms with E-state index in [9.17, 15) is 9.18 Å². The molecule has 4 heteroatoms. The van der Waals surface area contributed by atoms with Crippen LogP contribution in [0.5, 0.6) is 0 Å². The molecule has 1 aliphatic carbocycles. The molecular formula is C14H17ClFNO. The molecule has 0 saturated heterocycles. The quantitative estimate of drug-likeness (QED) is 0.836. The minimum atomic E-state index is -0.329. The lowest BCUT2D eigenvalue weighted by Gasteiger charge is -2.17. The van der Waals surface area contributed by atoms with Crippen LogP contribution >= 0.6 is 11.6 Å². The van der Waals surface area contributed by atoms with Gasteiger partial charge in [0, 0.05) is 18.0 Å². The van der Waals surface area contributed by atoms with E-state index in [1.54, 1.807) is 0 Å². The van der Waals surface area contributed by atoms with E-state index in [4.69, 9.17) is 11.6 Å². The van der Waals surface area contributed by atoms with Gasteiger partial charge in [0.15, 0.2) is 0 Å². The van der Waals surface area contributed by atoms with Gasteiger partial charge in [0.2, 0.25) is 0 Å². The van der Waals surface area contributed by atoms with Crippen molar-refractivity contribution in [3.63, 3.8) is 0 Å². The summed E-state index contributed by atoms with van der Waals surface area (Å²) < 4.78 is 12.7. The second-order valence-corrected chi connectivity index (χ2v) is 5.13. The van der Waals surface area contributed by atoms with Gasteiger partial charge in [-0.1, -0.05) is 6.42 Å². The fourth-order valence-electron chi connectivity index (χ4n) is 2.51. The van der Waals surface area contributed by atoms with Gasteiger partial charge >= 0.3 is 0 Å². The molecule has 1 N–H and O–H groups in total. The van der Waals surface area contributed by atoms with Crippen LogP contribution in [0.25, 0.3) is 0 Å². The minimum Gasteiger partial charge on any atom is -0.352 e. The van der Waals surface area contributed by atoms with Crippen LogP contribution in [-0.4, -0.2) is 18.3 Å². The van der Waals surface area contributed by atoms with Crippen LogP contribution in [0.3, 0.4) is 0 Å². The lowest BCUT2D eigenvalue weighted by atomic mass is 9.98. The van der Waals surface area contributed by atoms with Gasteiger partial charge in [-0.25, -0.2) is 4.39 Å². The maximum atomic E-state index is 12.7. The fraction of sp³-hybridized carbons (Fsp3) is 0.500. The number of halogens is 2. The molecule has 0 radical (unpaired) electrons. The topological polar surface area (TPSA) is 29.1 Å². The van der Waals surface area contributed by atoms with Gasteiger partial charge < -0.3 is 5.32 Å². The highest BCUT2D eigenvalue weighted by atomic mass is 35.5. The van der Waals surface area contributed by atoms with E-state index in [2.05, 4.69) is 5.32 Å². The predicted molar refractivity (Wildman–Crippen MR) is 70.3 cm³/mol. The van der Waals surface area contributed by atoms with Crippen molar-refractivity contribution in [2.75, 3.05) is 12.4 Å². The first-order valence-corrected chi connectivity index (χ1v) is 6.84. The molecule has 2 rings (SSSR count). The molecule has 0 spiro atoms. The largest absolute Gasteiger partial charge is 0.352 e. The number of alkyl halides is 1. The Hall–Kier alpha value is -1.09. The average Bonchev–Trinajstić information content (AvgIpc) is 2.84. The third kappa shape index (κ3) is 3.22. The van der Waals surface area contributed by atoms with Crippen LogP contribution in [0.2, 0.25) is 0 Å². The Morgan fingerprint density at radius 3 is 2.61 bits per heavy atom. The number of nitrogens with one attached hydrogen (secondary N) is 1. The summed E-state index contributed by atoms with van der Waals surface area (Å²) in [6.45, 7) is 0.660. The van der Waals surface area contributed by atoms with Gasteiger partial charge in [-0.2, -0.15) is 0 Å². The summed E-state index contributed by atoms with van der Waals surface area (Å²) in [6, 6.07) is 5.59. The Kier molecular flexibility index (Phi) is 4.59. The Morgan fingerprint density at radius 2 is 1.94 bits per heavy atom. The highest BCUT2D eigenvalue weighted by Crippen LogP contribution is 2.31. The Morgan fingerprint density at radius 1 is 1.28 bits per heavy atom. The monoisotopic (exact) mass is 269 g/mol. The van der Waals surface area contributed by atoms with Crippen molar-refractivity contribution >= 4 is 17.5 Å². The standard InChI is InChI=1S/C14H17ClFNO/c15-8-11-2-1-3-12(11)9-17-14(18)10-4-6-13(16)7-5-10/h4-7,11-12H,1-3,8-9H2,(H,17,18). The van der Waals surface area contributed by atoms with Crippen LogP contribution < -0.4 is 5.32 Å². The van der Waals surface area contributed by atoms with Crippen molar-refractivity contribution in [3.05, 3.63) is 35.6 Å². The summed E-state index contributed by atoms with van der Waals surface area (Å²) in [6.07, 6.45) is 3.47. The molecule has 0 aromatic heterocycles. The van der Waals surface area contributed by atoms with E-state index < -0.39 is 0 Å². The zero-order valence-corrected chi connectivity index (χ0v) is 10.9. The zero-order valence-electron chi connectivity index (χ0n) is 10.2. The third-order valence-corrected chi connectivity index (χ3v) is 4.04. The van der Waals surface area contributed by atoms with Crippen molar-refractivity contribution < 1.29 is 9.18 Å². The molecule has 1 aromatic rings. The molecule has 1 aromatic carbocycles. The Balaban J connectivity index is 1.86. The van der Waals surface area contributed by atoms with Crippen molar-refractivity contribution in [3.8, 4) is 0 Å². The van der Waals surface area contributed by atoms with Crippen LogP contribution in [0.15, 0.2) is 24.3 Å². The molecule has 1 aliphatic rings. The van der Waals surface area contributed by atoms with Crippen molar-refractivity contribution in [1.82, 2.24) is 5.32 Å². The maximum Gasteiger partial charge on any atom is 0.251 e. The summed E-state index contributed by atoms with van der Waals surface area (Å²) in [5.74, 6) is 1.18. The first-order chi connectivity index (χ1) is 8.70. The zero-order chi connectivity index (χ0) is 13.0.